The zero-order chi connectivity index (χ0) is 11.1. The largest absolute Gasteiger partial charge is 0.332 e. The Kier molecular flexibility index (Phi) is 2.78. The molecule has 1 aliphatic heterocycles. The third-order valence-corrected chi connectivity index (χ3v) is 5.45. The number of carbonyl (C=O) groups is 1. The van der Waals surface area contributed by atoms with Gasteiger partial charge in [0.05, 0.1) is 11.3 Å². The van der Waals surface area contributed by atoms with E-state index in [1.54, 1.807) is 0 Å². The van der Waals surface area contributed by atoms with Gasteiger partial charge in [0.1, 0.15) is 0 Å². The molecule has 2 fully saturated rings. The number of amides is 1. The molecule has 2 nitrogen and oxygen atoms in total. The lowest BCUT2D eigenvalue weighted by molar-refractivity contribution is -0.144. The fraction of sp³-hybridized carbons (Fsp3) is 0.917. The molecule has 0 spiro atoms. The van der Waals surface area contributed by atoms with Crippen molar-refractivity contribution in [1.82, 2.24) is 4.90 Å². The second-order valence-electron chi connectivity index (χ2n) is 5.68. The van der Waals surface area contributed by atoms with E-state index in [0.29, 0.717) is 5.91 Å². The highest BCUT2D eigenvalue weighted by Crippen LogP contribution is 2.53. The maximum Gasteiger partial charge on any atom is 0.229 e. The van der Waals surface area contributed by atoms with E-state index in [0.717, 1.165) is 24.6 Å². The molecule has 0 N–H and O–H groups in total. The monoisotopic (exact) mass is 227 g/mol. The van der Waals surface area contributed by atoms with Crippen LogP contribution in [0.25, 0.3) is 0 Å². The van der Waals surface area contributed by atoms with Crippen molar-refractivity contribution in [3.63, 3.8) is 0 Å². The van der Waals surface area contributed by atoms with Gasteiger partial charge in [0.25, 0.3) is 0 Å². The fourth-order valence-electron chi connectivity index (χ4n) is 2.82. The molecular formula is C12H21NOS. The molecule has 3 heteroatoms. The molecule has 1 heterocycles. The highest BCUT2D eigenvalue weighted by molar-refractivity contribution is 7.99. The minimum Gasteiger partial charge on any atom is -0.332 e. The Labute approximate surface area is 96.8 Å². The first kappa shape index (κ1) is 11.3. The van der Waals surface area contributed by atoms with Crippen LogP contribution in [0.15, 0.2) is 0 Å². The average molecular weight is 227 g/mol. The maximum absolute atomic E-state index is 12.5. The van der Waals surface area contributed by atoms with E-state index in [-0.39, 0.29) is 10.8 Å². The Hall–Kier alpha value is -0.180. The van der Waals surface area contributed by atoms with Gasteiger partial charge in [-0.2, -0.15) is 0 Å². The predicted octanol–water partition coefficient (Wildman–Crippen LogP) is 2.74. The van der Waals surface area contributed by atoms with Crippen molar-refractivity contribution in [1.29, 1.82) is 0 Å². The molecule has 15 heavy (non-hydrogen) atoms. The van der Waals surface area contributed by atoms with Crippen molar-refractivity contribution in [3.8, 4) is 0 Å². The number of nitrogens with zero attached hydrogens (tertiary/aromatic N) is 1. The number of hydrogen-bond donors (Lipinski definition) is 0. The Balaban J connectivity index is 2.17. The SMILES string of the molecule is CC1(C)CCCC1(C)C(=O)N1CCSC1. The summed E-state index contributed by atoms with van der Waals surface area (Å²) in [6.07, 6.45) is 3.46. The molecule has 1 amide bonds. The lowest BCUT2D eigenvalue weighted by Crippen LogP contribution is -2.46. The highest BCUT2D eigenvalue weighted by Gasteiger charge is 2.51. The van der Waals surface area contributed by atoms with Gasteiger partial charge in [-0.25, -0.2) is 0 Å². The van der Waals surface area contributed by atoms with E-state index in [9.17, 15) is 4.79 Å². The second-order valence-corrected chi connectivity index (χ2v) is 6.75. The number of carbonyl (C=O) groups excluding carboxylic acids is 1. The fourth-order valence-corrected chi connectivity index (χ4v) is 3.76. The summed E-state index contributed by atoms with van der Waals surface area (Å²) in [6, 6.07) is 0. The molecule has 1 saturated heterocycles. The Morgan fingerprint density at radius 1 is 1.27 bits per heavy atom. The van der Waals surface area contributed by atoms with Crippen molar-refractivity contribution in [2.24, 2.45) is 10.8 Å². The van der Waals surface area contributed by atoms with Crippen LogP contribution in [0.1, 0.15) is 40.0 Å². The number of hydrogen-bond acceptors (Lipinski definition) is 2. The summed E-state index contributed by atoms with van der Waals surface area (Å²) in [7, 11) is 0. The predicted molar refractivity (Wildman–Crippen MR) is 64.8 cm³/mol. The summed E-state index contributed by atoms with van der Waals surface area (Å²) in [5, 5.41) is 0. The van der Waals surface area contributed by atoms with Crippen molar-refractivity contribution in [2.75, 3.05) is 18.2 Å². The molecular weight excluding hydrogens is 206 g/mol. The van der Waals surface area contributed by atoms with E-state index in [1.165, 1.54) is 12.8 Å². The zero-order valence-electron chi connectivity index (χ0n) is 10.0. The van der Waals surface area contributed by atoms with Gasteiger partial charge in [-0.1, -0.05) is 27.2 Å². The van der Waals surface area contributed by atoms with E-state index in [2.05, 4.69) is 25.7 Å². The summed E-state index contributed by atoms with van der Waals surface area (Å²) in [6.45, 7) is 7.63. The topological polar surface area (TPSA) is 20.3 Å². The third kappa shape index (κ3) is 1.69. The molecule has 86 valence electrons. The van der Waals surface area contributed by atoms with Gasteiger partial charge in [0.15, 0.2) is 0 Å². The second kappa shape index (κ2) is 3.69. The van der Waals surface area contributed by atoms with Crippen molar-refractivity contribution < 1.29 is 4.79 Å². The number of rotatable bonds is 1. The lowest BCUT2D eigenvalue weighted by atomic mass is 9.68. The summed E-state index contributed by atoms with van der Waals surface area (Å²) < 4.78 is 0. The standard InChI is InChI=1S/C12H21NOS/c1-11(2)5-4-6-12(11,3)10(14)13-7-8-15-9-13/h4-9H2,1-3H3. The van der Waals surface area contributed by atoms with Gasteiger partial charge in [-0.3, -0.25) is 4.79 Å². The first-order valence-corrected chi connectivity index (χ1v) is 7.00. The molecule has 0 radical (unpaired) electrons. The molecule has 1 saturated carbocycles. The highest BCUT2D eigenvalue weighted by atomic mass is 32.2. The van der Waals surface area contributed by atoms with Crippen LogP contribution in [0.5, 0.6) is 0 Å². The van der Waals surface area contributed by atoms with Gasteiger partial charge >= 0.3 is 0 Å². The summed E-state index contributed by atoms with van der Waals surface area (Å²) in [4.78, 5) is 14.6. The van der Waals surface area contributed by atoms with E-state index in [1.807, 2.05) is 11.8 Å². The Bertz CT molecular complexity index is 271. The molecule has 0 aromatic carbocycles. The quantitative estimate of drug-likeness (QED) is 0.686. The van der Waals surface area contributed by atoms with Gasteiger partial charge in [-0.05, 0) is 18.3 Å². The van der Waals surface area contributed by atoms with Crippen LogP contribution in [0.3, 0.4) is 0 Å². The van der Waals surface area contributed by atoms with Crippen molar-refractivity contribution in [2.45, 2.75) is 40.0 Å². The first-order chi connectivity index (χ1) is 6.97. The van der Waals surface area contributed by atoms with E-state index >= 15 is 0 Å². The van der Waals surface area contributed by atoms with Gasteiger partial charge in [0.2, 0.25) is 5.91 Å². The summed E-state index contributed by atoms with van der Waals surface area (Å²) in [5.74, 6) is 2.42. The van der Waals surface area contributed by atoms with Crippen LogP contribution in [-0.4, -0.2) is 29.0 Å². The summed E-state index contributed by atoms with van der Waals surface area (Å²) in [5.41, 5.74) is 0.0647. The van der Waals surface area contributed by atoms with E-state index < -0.39 is 0 Å². The molecule has 1 atom stereocenters. The molecule has 0 aromatic heterocycles. The minimum absolute atomic E-state index is 0.113. The van der Waals surface area contributed by atoms with Crippen LogP contribution < -0.4 is 0 Å². The molecule has 1 unspecified atom stereocenters. The Morgan fingerprint density at radius 3 is 2.47 bits per heavy atom. The Morgan fingerprint density at radius 2 is 2.00 bits per heavy atom. The first-order valence-electron chi connectivity index (χ1n) is 5.84. The zero-order valence-corrected chi connectivity index (χ0v) is 10.8. The maximum atomic E-state index is 12.5. The van der Waals surface area contributed by atoms with Crippen molar-refractivity contribution >= 4 is 17.7 Å². The molecule has 0 bridgehead atoms. The van der Waals surface area contributed by atoms with Crippen molar-refractivity contribution in [3.05, 3.63) is 0 Å². The van der Waals surface area contributed by atoms with Gasteiger partial charge < -0.3 is 4.90 Å². The minimum atomic E-state index is -0.113. The third-order valence-electron chi connectivity index (χ3n) is 4.48. The average Bonchev–Trinajstić information content (AvgIpc) is 2.75. The lowest BCUT2D eigenvalue weighted by Gasteiger charge is -2.39. The molecule has 2 aliphatic rings. The van der Waals surface area contributed by atoms with Crippen LogP contribution in [0.4, 0.5) is 0 Å². The molecule has 1 aliphatic carbocycles. The van der Waals surface area contributed by atoms with Gasteiger partial charge in [-0.15, -0.1) is 11.8 Å². The molecule has 0 aromatic rings. The van der Waals surface area contributed by atoms with E-state index in [4.69, 9.17) is 0 Å². The smallest absolute Gasteiger partial charge is 0.229 e. The number of thioether (sulfide) groups is 1. The van der Waals surface area contributed by atoms with Gasteiger partial charge in [0, 0.05) is 12.3 Å². The normalized spacial score (nSPS) is 34.7. The summed E-state index contributed by atoms with van der Waals surface area (Å²) >= 11 is 1.87. The van der Waals surface area contributed by atoms with Crippen LogP contribution >= 0.6 is 11.8 Å². The molecule has 2 rings (SSSR count). The van der Waals surface area contributed by atoms with Crippen LogP contribution in [0.2, 0.25) is 0 Å². The van der Waals surface area contributed by atoms with Crippen LogP contribution in [-0.2, 0) is 4.79 Å². The van der Waals surface area contributed by atoms with Crippen LogP contribution in [0, 0.1) is 10.8 Å².